The van der Waals surface area contributed by atoms with Crippen LogP contribution in [0.1, 0.15) is 46.5 Å². The Balaban J connectivity index is 3.08. The molecule has 4 heteroatoms. The second-order valence-electron chi connectivity index (χ2n) is 4.78. The average molecular weight is 288 g/mol. The zero-order valence-electron chi connectivity index (χ0n) is 13.5. The van der Waals surface area contributed by atoms with E-state index in [1.807, 2.05) is 6.26 Å². The molecule has 0 unspecified atom stereocenters. The molecule has 20 heavy (non-hydrogen) atoms. The fourth-order valence-corrected chi connectivity index (χ4v) is 1.55. The van der Waals surface area contributed by atoms with Crippen LogP contribution in [-0.4, -0.2) is 46.2 Å². The van der Waals surface area contributed by atoms with Crippen molar-refractivity contribution in [2.24, 2.45) is 0 Å². The SMILES string of the molecule is CCCCOCCOCCOCCOC=C(C)CCC. The average Bonchev–Trinajstić information content (AvgIpc) is 2.44. The van der Waals surface area contributed by atoms with Gasteiger partial charge in [-0.05, 0) is 25.3 Å². The third-order valence-electron chi connectivity index (χ3n) is 2.66. The maximum Gasteiger partial charge on any atom is 0.111 e. The first-order chi connectivity index (χ1) is 9.81. The molecule has 0 aliphatic rings. The van der Waals surface area contributed by atoms with Crippen molar-refractivity contribution < 1.29 is 18.9 Å². The lowest BCUT2D eigenvalue weighted by molar-refractivity contribution is 0.00608. The second-order valence-corrected chi connectivity index (χ2v) is 4.78. The summed E-state index contributed by atoms with van der Waals surface area (Å²) >= 11 is 0. The summed E-state index contributed by atoms with van der Waals surface area (Å²) in [6, 6.07) is 0. The van der Waals surface area contributed by atoms with Crippen molar-refractivity contribution in [3.8, 4) is 0 Å². The van der Waals surface area contributed by atoms with Crippen LogP contribution in [0.4, 0.5) is 0 Å². The lowest BCUT2D eigenvalue weighted by atomic mass is 10.2. The van der Waals surface area contributed by atoms with E-state index in [2.05, 4.69) is 20.8 Å². The molecule has 120 valence electrons. The first-order valence-corrected chi connectivity index (χ1v) is 7.81. The summed E-state index contributed by atoms with van der Waals surface area (Å²) in [5.74, 6) is 0. The third kappa shape index (κ3) is 15.5. The molecule has 0 saturated carbocycles. The van der Waals surface area contributed by atoms with E-state index in [9.17, 15) is 0 Å². The highest BCUT2D eigenvalue weighted by Crippen LogP contribution is 2.02. The Labute approximate surface area is 124 Å². The standard InChI is InChI=1S/C16H32O4/c1-4-6-8-17-9-10-18-11-12-19-13-14-20-15-16(3)7-5-2/h15H,4-14H2,1-3H3. The van der Waals surface area contributed by atoms with Crippen LogP contribution in [0.15, 0.2) is 11.8 Å². The molecule has 0 bridgehead atoms. The van der Waals surface area contributed by atoms with Gasteiger partial charge in [-0.1, -0.05) is 26.7 Å². The van der Waals surface area contributed by atoms with E-state index in [0.717, 1.165) is 25.9 Å². The second kappa shape index (κ2) is 16.5. The monoisotopic (exact) mass is 288 g/mol. The number of hydrogen-bond donors (Lipinski definition) is 0. The molecule has 0 aliphatic heterocycles. The van der Waals surface area contributed by atoms with Gasteiger partial charge in [-0.15, -0.1) is 0 Å². The number of rotatable bonds is 15. The highest BCUT2D eigenvalue weighted by molar-refractivity contribution is 4.92. The highest BCUT2D eigenvalue weighted by atomic mass is 16.6. The first-order valence-electron chi connectivity index (χ1n) is 7.81. The molecule has 0 radical (unpaired) electrons. The molecule has 4 nitrogen and oxygen atoms in total. The molecule has 0 aliphatic carbocycles. The Hall–Kier alpha value is -0.580. The van der Waals surface area contributed by atoms with Crippen molar-refractivity contribution in [1.82, 2.24) is 0 Å². The number of unbranched alkanes of at least 4 members (excludes halogenated alkanes) is 1. The van der Waals surface area contributed by atoms with Gasteiger partial charge in [0.25, 0.3) is 0 Å². The molecule has 0 rings (SSSR count). The van der Waals surface area contributed by atoms with Gasteiger partial charge in [-0.3, -0.25) is 0 Å². The van der Waals surface area contributed by atoms with Gasteiger partial charge in [0.1, 0.15) is 6.61 Å². The van der Waals surface area contributed by atoms with Gasteiger partial charge in [0.15, 0.2) is 0 Å². The Morgan fingerprint density at radius 1 is 0.750 bits per heavy atom. The van der Waals surface area contributed by atoms with E-state index in [0.29, 0.717) is 39.6 Å². The minimum absolute atomic E-state index is 0.598. The predicted molar refractivity (Wildman–Crippen MR) is 82.0 cm³/mol. The zero-order chi connectivity index (χ0) is 14.9. The van der Waals surface area contributed by atoms with Gasteiger partial charge in [0, 0.05) is 6.61 Å². The lowest BCUT2D eigenvalue weighted by Gasteiger charge is -2.07. The molecule has 0 saturated heterocycles. The van der Waals surface area contributed by atoms with Crippen LogP contribution in [0.3, 0.4) is 0 Å². The van der Waals surface area contributed by atoms with Crippen molar-refractivity contribution in [3.05, 3.63) is 11.8 Å². The van der Waals surface area contributed by atoms with E-state index < -0.39 is 0 Å². The summed E-state index contributed by atoms with van der Waals surface area (Å²) in [5.41, 5.74) is 1.28. The zero-order valence-corrected chi connectivity index (χ0v) is 13.5. The van der Waals surface area contributed by atoms with E-state index >= 15 is 0 Å². The largest absolute Gasteiger partial charge is 0.499 e. The van der Waals surface area contributed by atoms with Crippen molar-refractivity contribution in [2.75, 3.05) is 46.2 Å². The maximum atomic E-state index is 5.40. The number of hydrogen-bond acceptors (Lipinski definition) is 4. The fourth-order valence-electron chi connectivity index (χ4n) is 1.55. The van der Waals surface area contributed by atoms with Gasteiger partial charge in [-0.2, -0.15) is 0 Å². The van der Waals surface area contributed by atoms with E-state index in [1.54, 1.807) is 0 Å². The van der Waals surface area contributed by atoms with Crippen LogP contribution in [0.5, 0.6) is 0 Å². The Bertz CT molecular complexity index is 217. The molecule has 0 aromatic heterocycles. The summed E-state index contributed by atoms with van der Waals surface area (Å²) in [6.07, 6.45) is 6.37. The van der Waals surface area contributed by atoms with Gasteiger partial charge in [0.2, 0.25) is 0 Å². The molecule has 0 heterocycles. The van der Waals surface area contributed by atoms with Gasteiger partial charge >= 0.3 is 0 Å². The molecule has 0 N–H and O–H groups in total. The predicted octanol–water partition coefficient (Wildman–Crippen LogP) is 3.56. The molecule has 0 spiro atoms. The van der Waals surface area contributed by atoms with Gasteiger partial charge < -0.3 is 18.9 Å². The minimum atomic E-state index is 0.598. The van der Waals surface area contributed by atoms with Crippen molar-refractivity contribution in [3.63, 3.8) is 0 Å². The molecule has 0 aromatic rings. The van der Waals surface area contributed by atoms with Crippen LogP contribution in [-0.2, 0) is 18.9 Å². The molecule has 0 fully saturated rings. The van der Waals surface area contributed by atoms with Gasteiger partial charge in [0.05, 0.1) is 39.3 Å². The van der Waals surface area contributed by atoms with Crippen LogP contribution >= 0.6 is 0 Å². The lowest BCUT2D eigenvalue weighted by Crippen LogP contribution is -2.11. The van der Waals surface area contributed by atoms with Crippen LogP contribution in [0, 0.1) is 0 Å². The van der Waals surface area contributed by atoms with Crippen molar-refractivity contribution in [2.45, 2.75) is 46.5 Å². The Morgan fingerprint density at radius 2 is 1.30 bits per heavy atom. The number of allylic oxidation sites excluding steroid dienone is 1. The minimum Gasteiger partial charge on any atom is -0.499 e. The summed E-state index contributed by atoms with van der Waals surface area (Å²) < 4.78 is 21.6. The Kier molecular flexibility index (Phi) is 16.0. The molecular formula is C16H32O4. The molecule has 0 atom stereocenters. The molecular weight excluding hydrogens is 256 g/mol. The fraction of sp³-hybridized carbons (Fsp3) is 0.875. The van der Waals surface area contributed by atoms with Crippen LogP contribution in [0.25, 0.3) is 0 Å². The first kappa shape index (κ1) is 19.4. The summed E-state index contributed by atoms with van der Waals surface area (Å²) in [7, 11) is 0. The molecule has 0 aromatic carbocycles. The Morgan fingerprint density at radius 3 is 1.85 bits per heavy atom. The highest BCUT2D eigenvalue weighted by Gasteiger charge is 1.92. The van der Waals surface area contributed by atoms with Crippen molar-refractivity contribution in [1.29, 1.82) is 0 Å². The van der Waals surface area contributed by atoms with Crippen LogP contribution in [0.2, 0.25) is 0 Å². The summed E-state index contributed by atoms with van der Waals surface area (Å²) in [6.45, 7) is 11.0. The number of ether oxygens (including phenoxy) is 4. The maximum absolute atomic E-state index is 5.40. The topological polar surface area (TPSA) is 36.9 Å². The van der Waals surface area contributed by atoms with Crippen LogP contribution < -0.4 is 0 Å². The smallest absolute Gasteiger partial charge is 0.111 e. The van der Waals surface area contributed by atoms with E-state index in [4.69, 9.17) is 18.9 Å². The van der Waals surface area contributed by atoms with Gasteiger partial charge in [-0.25, -0.2) is 0 Å². The normalized spacial score (nSPS) is 11.8. The van der Waals surface area contributed by atoms with Crippen molar-refractivity contribution >= 4 is 0 Å². The third-order valence-corrected chi connectivity index (χ3v) is 2.66. The molecule has 0 amide bonds. The summed E-state index contributed by atoms with van der Waals surface area (Å²) in [4.78, 5) is 0. The summed E-state index contributed by atoms with van der Waals surface area (Å²) in [5, 5.41) is 0. The van der Waals surface area contributed by atoms with E-state index in [-0.39, 0.29) is 0 Å². The van der Waals surface area contributed by atoms with E-state index in [1.165, 1.54) is 12.0 Å². The quantitative estimate of drug-likeness (QED) is 0.341.